The number of sulfonamides is 1. The molecule has 0 atom stereocenters. The van der Waals surface area contributed by atoms with E-state index in [1.807, 2.05) is 35.8 Å². The molecule has 1 heterocycles. The third-order valence-corrected chi connectivity index (χ3v) is 7.08. The van der Waals surface area contributed by atoms with Crippen LogP contribution >= 0.6 is 0 Å². The predicted molar refractivity (Wildman–Crippen MR) is 129 cm³/mol. The second-order valence-electron chi connectivity index (χ2n) is 8.36. The molecule has 168 valence electrons. The summed E-state index contributed by atoms with van der Waals surface area (Å²) in [6, 6.07) is 21.1. The van der Waals surface area contributed by atoms with E-state index in [1.165, 1.54) is 0 Å². The molecule has 3 aromatic carbocycles. The number of nitrogens with zero attached hydrogens (tertiary/aromatic N) is 2. The first-order valence-corrected chi connectivity index (χ1v) is 12.3. The molecule has 1 saturated carbocycles. The van der Waals surface area contributed by atoms with Crippen molar-refractivity contribution in [2.45, 2.75) is 37.1 Å². The number of hydrogen-bond donors (Lipinski definition) is 2. The standard InChI is InChI=1S/C25H24N4O3S/c1-17-6-14-21(15-7-17)33(31,32)28-20-12-10-19(11-13-20)26-24(30)16-29-23-5-3-2-4-22(23)27-25(29)18-8-9-18/h2-7,10-15,18,28H,8-9,16H2,1H3,(H,26,30). The lowest BCUT2D eigenvalue weighted by Crippen LogP contribution is -2.20. The molecule has 1 fully saturated rings. The quantitative estimate of drug-likeness (QED) is 0.419. The van der Waals surface area contributed by atoms with Crippen molar-refractivity contribution in [3.05, 3.63) is 84.2 Å². The zero-order chi connectivity index (χ0) is 23.0. The molecule has 4 aromatic rings. The summed E-state index contributed by atoms with van der Waals surface area (Å²) in [6.45, 7) is 2.08. The van der Waals surface area contributed by atoms with Gasteiger partial charge in [-0.05, 0) is 68.3 Å². The van der Waals surface area contributed by atoms with Gasteiger partial charge in [-0.3, -0.25) is 9.52 Å². The molecule has 0 radical (unpaired) electrons. The van der Waals surface area contributed by atoms with Crippen molar-refractivity contribution in [1.29, 1.82) is 0 Å². The Balaban J connectivity index is 1.27. The molecule has 1 aliphatic rings. The third-order valence-electron chi connectivity index (χ3n) is 5.68. The van der Waals surface area contributed by atoms with Crippen molar-refractivity contribution < 1.29 is 13.2 Å². The highest BCUT2D eigenvalue weighted by molar-refractivity contribution is 7.92. The fourth-order valence-electron chi connectivity index (χ4n) is 3.81. The second-order valence-corrected chi connectivity index (χ2v) is 10.0. The molecule has 0 spiro atoms. The van der Waals surface area contributed by atoms with Crippen LogP contribution in [0.2, 0.25) is 0 Å². The molecule has 0 bridgehead atoms. The summed E-state index contributed by atoms with van der Waals surface area (Å²) in [7, 11) is -3.68. The van der Waals surface area contributed by atoms with Crippen molar-refractivity contribution >= 4 is 38.3 Å². The van der Waals surface area contributed by atoms with E-state index in [4.69, 9.17) is 4.98 Å². The summed E-state index contributed by atoms with van der Waals surface area (Å²) in [5.74, 6) is 1.23. The second kappa shape index (κ2) is 8.37. The maximum Gasteiger partial charge on any atom is 0.261 e. The number of hydrogen-bond acceptors (Lipinski definition) is 4. The topological polar surface area (TPSA) is 93.1 Å². The summed E-state index contributed by atoms with van der Waals surface area (Å²) >= 11 is 0. The van der Waals surface area contributed by atoms with Crippen molar-refractivity contribution in [3.63, 3.8) is 0 Å². The normalized spacial score (nSPS) is 13.7. The Bertz CT molecular complexity index is 1420. The SMILES string of the molecule is Cc1ccc(S(=O)(=O)Nc2ccc(NC(=O)Cn3c(C4CC4)nc4ccccc43)cc2)cc1. The van der Waals surface area contributed by atoms with Gasteiger partial charge >= 0.3 is 0 Å². The van der Waals surface area contributed by atoms with Gasteiger partial charge in [-0.2, -0.15) is 0 Å². The molecular weight excluding hydrogens is 436 g/mol. The maximum absolute atomic E-state index is 12.8. The molecule has 1 aliphatic carbocycles. The highest BCUT2D eigenvalue weighted by atomic mass is 32.2. The van der Waals surface area contributed by atoms with Crippen LogP contribution in [-0.4, -0.2) is 23.9 Å². The van der Waals surface area contributed by atoms with Gasteiger partial charge in [-0.15, -0.1) is 0 Å². The summed E-state index contributed by atoms with van der Waals surface area (Å²) in [4.78, 5) is 17.7. The van der Waals surface area contributed by atoms with Crippen molar-refractivity contribution in [1.82, 2.24) is 9.55 Å². The average Bonchev–Trinajstić information content (AvgIpc) is 3.58. The number of carbonyl (C=O) groups excluding carboxylic acids is 1. The molecule has 1 aromatic heterocycles. The number of aryl methyl sites for hydroxylation is 1. The van der Waals surface area contributed by atoms with Crippen LogP contribution < -0.4 is 10.0 Å². The minimum Gasteiger partial charge on any atom is -0.325 e. The van der Waals surface area contributed by atoms with Gasteiger partial charge in [0.2, 0.25) is 5.91 Å². The monoisotopic (exact) mass is 460 g/mol. The summed E-state index contributed by atoms with van der Waals surface area (Å²) in [5.41, 5.74) is 3.86. The van der Waals surface area contributed by atoms with Crippen LogP contribution in [0.1, 0.15) is 30.1 Å². The van der Waals surface area contributed by atoms with E-state index in [2.05, 4.69) is 10.0 Å². The largest absolute Gasteiger partial charge is 0.325 e. The molecule has 5 rings (SSSR count). The molecule has 33 heavy (non-hydrogen) atoms. The number of para-hydroxylation sites is 2. The lowest BCUT2D eigenvalue weighted by atomic mass is 10.2. The van der Waals surface area contributed by atoms with Crippen LogP contribution in [-0.2, 0) is 21.4 Å². The van der Waals surface area contributed by atoms with Gasteiger partial charge in [0.15, 0.2) is 0 Å². The van der Waals surface area contributed by atoms with Crippen LogP contribution in [0, 0.1) is 6.92 Å². The van der Waals surface area contributed by atoms with Crippen molar-refractivity contribution in [2.24, 2.45) is 0 Å². The summed E-state index contributed by atoms with van der Waals surface area (Å²) in [5, 5.41) is 2.89. The number of amides is 1. The fourth-order valence-corrected chi connectivity index (χ4v) is 4.87. The van der Waals surface area contributed by atoms with E-state index >= 15 is 0 Å². The number of imidazole rings is 1. The van der Waals surface area contributed by atoms with Crippen LogP contribution in [0.15, 0.2) is 77.7 Å². The highest BCUT2D eigenvalue weighted by Crippen LogP contribution is 2.40. The number of anilines is 2. The van der Waals surface area contributed by atoms with Crippen LogP contribution in [0.5, 0.6) is 0 Å². The predicted octanol–water partition coefficient (Wildman–Crippen LogP) is 4.66. The Morgan fingerprint density at radius 1 is 0.970 bits per heavy atom. The number of rotatable bonds is 7. The summed E-state index contributed by atoms with van der Waals surface area (Å²) in [6.07, 6.45) is 2.20. The third kappa shape index (κ3) is 4.61. The highest BCUT2D eigenvalue weighted by Gasteiger charge is 2.30. The van der Waals surface area contributed by atoms with E-state index in [0.29, 0.717) is 17.3 Å². The van der Waals surface area contributed by atoms with Gasteiger partial charge in [-0.25, -0.2) is 13.4 Å². The van der Waals surface area contributed by atoms with Crippen LogP contribution in [0.3, 0.4) is 0 Å². The van der Waals surface area contributed by atoms with E-state index in [-0.39, 0.29) is 17.3 Å². The number of aromatic nitrogens is 2. The van der Waals surface area contributed by atoms with E-state index in [0.717, 1.165) is 35.3 Å². The van der Waals surface area contributed by atoms with Crippen molar-refractivity contribution in [3.8, 4) is 0 Å². The Morgan fingerprint density at radius 2 is 1.64 bits per heavy atom. The maximum atomic E-state index is 12.8. The lowest BCUT2D eigenvalue weighted by molar-refractivity contribution is -0.116. The molecule has 0 unspecified atom stereocenters. The first kappa shape index (κ1) is 21.2. The minimum absolute atomic E-state index is 0.159. The Hall–Kier alpha value is -3.65. The minimum atomic E-state index is -3.68. The Kier molecular flexibility index (Phi) is 5.38. The zero-order valence-corrected chi connectivity index (χ0v) is 19.0. The molecule has 2 N–H and O–H groups in total. The molecule has 0 saturated heterocycles. The smallest absolute Gasteiger partial charge is 0.261 e. The van der Waals surface area contributed by atoms with E-state index in [1.54, 1.807) is 48.5 Å². The van der Waals surface area contributed by atoms with Gasteiger partial charge in [0.1, 0.15) is 12.4 Å². The molecule has 7 nitrogen and oxygen atoms in total. The zero-order valence-electron chi connectivity index (χ0n) is 18.2. The number of fused-ring (bicyclic) bond motifs is 1. The first-order chi connectivity index (χ1) is 15.9. The van der Waals surface area contributed by atoms with Crippen LogP contribution in [0.25, 0.3) is 11.0 Å². The van der Waals surface area contributed by atoms with E-state index < -0.39 is 10.0 Å². The Morgan fingerprint density at radius 3 is 2.33 bits per heavy atom. The lowest BCUT2D eigenvalue weighted by Gasteiger charge is -2.11. The number of nitrogens with one attached hydrogen (secondary N) is 2. The van der Waals surface area contributed by atoms with Gasteiger partial charge in [0.25, 0.3) is 10.0 Å². The first-order valence-electron chi connectivity index (χ1n) is 10.8. The molecule has 1 amide bonds. The summed E-state index contributed by atoms with van der Waals surface area (Å²) < 4.78 is 29.7. The van der Waals surface area contributed by atoms with E-state index in [9.17, 15) is 13.2 Å². The molecule has 8 heteroatoms. The molecule has 0 aliphatic heterocycles. The average molecular weight is 461 g/mol. The van der Waals surface area contributed by atoms with Gasteiger partial charge < -0.3 is 9.88 Å². The number of benzene rings is 3. The van der Waals surface area contributed by atoms with Crippen LogP contribution in [0.4, 0.5) is 11.4 Å². The van der Waals surface area contributed by atoms with Crippen molar-refractivity contribution in [2.75, 3.05) is 10.0 Å². The Labute approximate surface area is 192 Å². The van der Waals surface area contributed by atoms with Gasteiger partial charge in [0.05, 0.1) is 15.9 Å². The fraction of sp³-hybridized carbons (Fsp3) is 0.200. The molecular formula is C25H24N4O3S. The van der Waals surface area contributed by atoms with Gasteiger partial charge in [0, 0.05) is 17.3 Å². The number of carbonyl (C=O) groups is 1. The van der Waals surface area contributed by atoms with Gasteiger partial charge in [-0.1, -0.05) is 29.8 Å².